The first kappa shape index (κ1) is 16.5. The first-order chi connectivity index (χ1) is 11.4. The highest BCUT2D eigenvalue weighted by molar-refractivity contribution is 5.85. The lowest BCUT2D eigenvalue weighted by Crippen LogP contribution is -2.60. The standard InChI is InChI=1S/C17H23N5O2/c1-4-22-13(23)6-5-12(14(22)15-19-7-8-20(15)3)16(24)21-10-17(2,9-18)11-21/h7-8,12,14H,4-6,10-11H2,1-3H3/t12-,14-/m0/s1. The average molecular weight is 329 g/mol. The Morgan fingerprint density at radius 1 is 1.50 bits per heavy atom. The van der Waals surface area contributed by atoms with Crippen LogP contribution in [0.3, 0.4) is 0 Å². The average Bonchev–Trinajstić information content (AvgIpc) is 2.96. The number of hydrogen-bond acceptors (Lipinski definition) is 4. The summed E-state index contributed by atoms with van der Waals surface area (Å²) < 4.78 is 1.88. The van der Waals surface area contributed by atoms with Crippen LogP contribution in [0, 0.1) is 22.7 Å². The van der Waals surface area contributed by atoms with Gasteiger partial charge in [-0.1, -0.05) is 0 Å². The topological polar surface area (TPSA) is 82.2 Å². The number of carbonyl (C=O) groups excluding carboxylic acids is 2. The molecule has 1 aromatic rings. The summed E-state index contributed by atoms with van der Waals surface area (Å²) in [4.78, 5) is 33.2. The van der Waals surface area contributed by atoms with E-state index in [2.05, 4.69) is 11.1 Å². The fraction of sp³-hybridized carbons (Fsp3) is 0.647. The van der Waals surface area contributed by atoms with Gasteiger partial charge < -0.3 is 14.4 Å². The third-order valence-corrected chi connectivity index (χ3v) is 5.15. The van der Waals surface area contributed by atoms with Gasteiger partial charge in [0.1, 0.15) is 11.9 Å². The van der Waals surface area contributed by atoms with Crippen molar-refractivity contribution in [1.29, 1.82) is 5.26 Å². The summed E-state index contributed by atoms with van der Waals surface area (Å²) in [5.41, 5.74) is -0.441. The molecule has 0 spiro atoms. The summed E-state index contributed by atoms with van der Waals surface area (Å²) in [6.45, 7) is 5.28. The highest BCUT2D eigenvalue weighted by Crippen LogP contribution is 2.39. The van der Waals surface area contributed by atoms with E-state index in [1.165, 1.54) is 0 Å². The fourth-order valence-electron chi connectivity index (χ4n) is 3.82. The van der Waals surface area contributed by atoms with E-state index in [4.69, 9.17) is 5.26 Å². The number of aromatic nitrogens is 2. The van der Waals surface area contributed by atoms with Gasteiger partial charge in [-0.3, -0.25) is 9.59 Å². The van der Waals surface area contributed by atoms with Crippen LogP contribution in [0.15, 0.2) is 12.4 Å². The van der Waals surface area contributed by atoms with Crippen LogP contribution < -0.4 is 0 Å². The molecule has 0 aliphatic carbocycles. The summed E-state index contributed by atoms with van der Waals surface area (Å²) in [6.07, 6.45) is 4.44. The van der Waals surface area contributed by atoms with Gasteiger partial charge in [-0.05, 0) is 20.3 Å². The molecule has 7 nitrogen and oxygen atoms in total. The maximum atomic E-state index is 13.0. The largest absolute Gasteiger partial charge is 0.339 e. The number of nitriles is 1. The molecule has 0 radical (unpaired) electrons. The zero-order valence-electron chi connectivity index (χ0n) is 14.4. The predicted octanol–water partition coefficient (Wildman–Crippen LogP) is 1.09. The number of aryl methyl sites for hydroxylation is 1. The SMILES string of the molecule is CCN1C(=O)CC[C@H](C(=O)N2CC(C)(C#N)C2)[C@H]1c1nccn1C. The van der Waals surface area contributed by atoms with E-state index in [0.29, 0.717) is 32.5 Å². The molecule has 24 heavy (non-hydrogen) atoms. The minimum Gasteiger partial charge on any atom is -0.339 e. The molecule has 3 heterocycles. The number of hydrogen-bond donors (Lipinski definition) is 0. The molecule has 0 unspecified atom stereocenters. The van der Waals surface area contributed by atoms with E-state index >= 15 is 0 Å². The molecule has 2 saturated heterocycles. The molecular weight excluding hydrogens is 306 g/mol. The monoisotopic (exact) mass is 329 g/mol. The van der Waals surface area contributed by atoms with Gasteiger partial charge in [-0.25, -0.2) is 4.98 Å². The smallest absolute Gasteiger partial charge is 0.228 e. The zero-order valence-corrected chi connectivity index (χ0v) is 14.4. The van der Waals surface area contributed by atoms with Crippen molar-refractivity contribution < 1.29 is 9.59 Å². The highest BCUT2D eigenvalue weighted by Gasteiger charge is 2.48. The molecule has 0 aromatic carbocycles. The fourth-order valence-corrected chi connectivity index (χ4v) is 3.82. The van der Waals surface area contributed by atoms with E-state index in [1.54, 1.807) is 16.0 Å². The molecule has 0 saturated carbocycles. The van der Waals surface area contributed by atoms with Crippen molar-refractivity contribution in [2.75, 3.05) is 19.6 Å². The quantitative estimate of drug-likeness (QED) is 0.831. The molecule has 2 fully saturated rings. The normalized spacial score (nSPS) is 26.0. The Labute approximate surface area is 141 Å². The maximum absolute atomic E-state index is 13.0. The van der Waals surface area contributed by atoms with Crippen molar-refractivity contribution >= 4 is 11.8 Å². The van der Waals surface area contributed by atoms with E-state index in [-0.39, 0.29) is 23.8 Å². The third-order valence-electron chi connectivity index (χ3n) is 5.15. The molecule has 1 aromatic heterocycles. The van der Waals surface area contributed by atoms with E-state index in [9.17, 15) is 9.59 Å². The molecule has 128 valence electrons. The molecule has 0 bridgehead atoms. The van der Waals surface area contributed by atoms with Crippen molar-refractivity contribution in [3.63, 3.8) is 0 Å². The molecule has 7 heteroatoms. The number of carbonyl (C=O) groups is 2. The van der Waals surface area contributed by atoms with E-state index in [1.807, 2.05) is 31.7 Å². The van der Waals surface area contributed by atoms with Crippen LogP contribution in [0.2, 0.25) is 0 Å². The number of likely N-dealkylation sites (tertiary alicyclic amines) is 2. The second kappa shape index (κ2) is 5.93. The summed E-state index contributed by atoms with van der Waals surface area (Å²) in [7, 11) is 1.88. The minimum absolute atomic E-state index is 0.0293. The van der Waals surface area contributed by atoms with Crippen LogP contribution >= 0.6 is 0 Å². The lowest BCUT2D eigenvalue weighted by atomic mass is 9.80. The van der Waals surface area contributed by atoms with Gasteiger partial charge in [0, 0.05) is 45.5 Å². The van der Waals surface area contributed by atoms with Crippen LogP contribution in [0.4, 0.5) is 0 Å². The predicted molar refractivity (Wildman–Crippen MR) is 86.4 cm³/mol. The molecular formula is C17H23N5O2. The second-order valence-electron chi connectivity index (χ2n) is 7.03. The first-order valence-corrected chi connectivity index (χ1v) is 8.37. The molecule has 2 aliphatic rings. The Balaban J connectivity index is 1.88. The minimum atomic E-state index is -0.441. The van der Waals surface area contributed by atoms with Crippen LogP contribution in [0.25, 0.3) is 0 Å². The number of amides is 2. The van der Waals surface area contributed by atoms with Crippen LogP contribution in [0.5, 0.6) is 0 Å². The second-order valence-corrected chi connectivity index (χ2v) is 7.03. The summed E-state index contributed by atoms with van der Waals surface area (Å²) in [5, 5.41) is 9.15. The van der Waals surface area contributed by atoms with Gasteiger partial charge in [0.15, 0.2) is 0 Å². The van der Waals surface area contributed by atoms with Crippen molar-refractivity contribution in [3.05, 3.63) is 18.2 Å². The number of piperidine rings is 1. The van der Waals surface area contributed by atoms with Gasteiger partial charge in [-0.15, -0.1) is 0 Å². The van der Waals surface area contributed by atoms with Gasteiger partial charge in [0.2, 0.25) is 11.8 Å². The van der Waals surface area contributed by atoms with Crippen molar-refractivity contribution in [1.82, 2.24) is 19.4 Å². The van der Waals surface area contributed by atoms with Crippen LogP contribution in [0.1, 0.15) is 38.6 Å². The molecule has 3 rings (SSSR count). The number of rotatable bonds is 3. The van der Waals surface area contributed by atoms with Gasteiger partial charge in [-0.2, -0.15) is 5.26 Å². The van der Waals surface area contributed by atoms with Gasteiger partial charge in [0.25, 0.3) is 0 Å². The highest BCUT2D eigenvalue weighted by atomic mass is 16.2. The van der Waals surface area contributed by atoms with Crippen molar-refractivity contribution in [3.8, 4) is 6.07 Å². The molecule has 0 N–H and O–H groups in total. The Kier molecular flexibility index (Phi) is 4.08. The zero-order chi connectivity index (χ0) is 17.5. The van der Waals surface area contributed by atoms with E-state index < -0.39 is 5.41 Å². The Morgan fingerprint density at radius 2 is 2.21 bits per heavy atom. The molecule has 2 aliphatic heterocycles. The van der Waals surface area contributed by atoms with Crippen LogP contribution in [-0.4, -0.2) is 50.8 Å². The number of nitrogens with zero attached hydrogens (tertiary/aromatic N) is 5. The van der Waals surface area contributed by atoms with E-state index in [0.717, 1.165) is 5.82 Å². The molecule has 2 amide bonds. The Morgan fingerprint density at radius 3 is 2.75 bits per heavy atom. The maximum Gasteiger partial charge on any atom is 0.228 e. The van der Waals surface area contributed by atoms with Gasteiger partial charge >= 0.3 is 0 Å². The Bertz CT molecular complexity index is 698. The van der Waals surface area contributed by atoms with Crippen molar-refractivity contribution in [2.24, 2.45) is 18.4 Å². The summed E-state index contributed by atoms with van der Waals surface area (Å²) >= 11 is 0. The lowest BCUT2D eigenvalue weighted by molar-refractivity contribution is -0.153. The molecule has 2 atom stereocenters. The summed E-state index contributed by atoms with van der Waals surface area (Å²) in [5.74, 6) is 0.542. The van der Waals surface area contributed by atoms with Crippen molar-refractivity contribution in [2.45, 2.75) is 32.7 Å². The third kappa shape index (κ3) is 2.56. The lowest BCUT2D eigenvalue weighted by Gasteiger charge is -2.47. The number of imidazole rings is 1. The van der Waals surface area contributed by atoms with Gasteiger partial charge in [0.05, 0.1) is 17.4 Å². The van der Waals surface area contributed by atoms with Crippen LogP contribution in [-0.2, 0) is 16.6 Å². The first-order valence-electron chi connectivity index (χ1n) is 8.37. The Hall–Kier alpha value is -2.36. The summed E-state index contributed by atoms with van der Waals surface area (Å²) in [6, 6.07) is 1.93.